The number of benzene rings is 2. The molecule has 1 amide bonds. The molecule has 2 aliphatic rings. The Kier molecular flexibility index (Phi) is 5.24. The fourth-order valence-corrected chi connectivity index (χ4v) is 4.80. The number of allylic oxidation sites excluding steroid dienone is 2. The zero-order chi connectivity index (χ0) is 25.7. The number of nitrogens with zero attached hydrogens (tertiary/aromatic N) is 4. The number of carbonyl (C=O) groups excluding carboxylic acids is 3. The molecule has 2 aromatic carbocycles. The Labute approximate surface area is 212 Å². The van der Waals surface area contributed by atoms with Gasteiger partial charge in [-0.15, -0.1) is 0 Å². The van der Waals surface area contributed by atoms with E-state index in [1.807, 2.05) is 11.6 Å². The summed E-state index contributed by atoms with van der Waals surface area (Å²) in [6.07, 6.45) is 5.26. The van der Waals surface area contributed by atoms with Gasteiger partial charge in [-0.1, -0.05) is 24.3 Å². The van der Waals surface area contributed by atoms with Crippen molar-refractivity contribution in [3.05, 3.63) is 131 Å². The maximum Gasteiger partial charge on any atom is 0.263 e. The Hall–Kier alpha value is -4.95. The van der Waals surface area contributed by atoms with Gasteiger partial charge in [0.2, 0.25) is 11.6 Å². The third kappa shape index (κ3) is 3.46. The number of amides is 1. The molecule has 0 radical (unpaired) electrons. The lowest BCUT2D eigenvalue weighted by Gasteiger charge is -2.29. The summed E-state index contributed by atoms with van der Waals surface area (Å²) in [4.78, 5) is 48.2. The van der Waals surface area contributed by atoms with E-state index in [1.165, 1.54) is 22.2 Å². The number of aryl methyl sites for hydroxylation is 1. The Balaban J connectivity index is 1.61. The molecule has 1 N–H and O–H groups in total. The van der Waals surface area contributed by atoms with Crippen molar-refractivity contribution >= 4 is 28.8 Å². The number of fused-ring (bicyclic) bond motifs is 2. The molecule has 0 fully saturated rings. The van der Waals surface area contributed by atoms with Gasteiger partial charge in [-0.25, -0.2) is 4.57 Å². The molecule has 2 aliphatic heterocycles. The van der Waals surface area contributed by atoms with E-state index in [4.69, 9.17) is 0 Å². The maximum atomic E-state index is 13.9. The highest BCUT2D eigenvalue weighted by Crippen LogP contribution is 2.45. The number of carbonyl (C=O) groups is 3. The Bertz CT molecular complexity index is 1610. The number of aromatic nitrogens is 2. The van der Waals surface area contributed by atoms with E-state index in [0.717, 1.165) is 0 Å². The van der Waals surface area contributed by atoms with Crippen LogP contribution < -0.4 is 14.4 Å². The van der Waals surface area contributed by atoms with Crippen LogP contribution in [0.5, 0.6) is 0 Å². The number of ketones is 2. The van der Waals surface area contributed by atoms with Gasteiger partial charge in [0, 0.05) is 46.8 Å². The molecule has 8 heteroatoms. The van der Waals surface area contributed by atoms with E-state index >= 15 is 0 Å². The first-order chi connectivity index (χ1) is 18.0. The van der Waals surface area contributed by atoms with Crippen LogP contribution in [0.25, 0.3) is 0 Å². The lowest BCUT2D eigenvalue weighted by atomic mass is 10.1. The van der Waals surface area contributed by atoms with Crippen LogP contribution in [-0.4, -0.2) is 27.6 Å². The molecule has 0 aliphatic carbocycles. The molecule has 0 saturated carbocycles. The number of rotatable bonds is 3. The second-order valence-electron chi connectivity index (χ2n) is 8.81. The van der Waals surface area contributed by atoms with Gasteiger partial charge in [-0.2, -0.15) is 0 Å². The average Bonchev–Trinajstić information content (AvgIpc) is 3.39. The van der Waals surface area contributed by atoms with Crippen LogP contribution >= 0.6 is 0 Å². The van der Waals surface area contributed by atoms with Gasteiger partial charge in [-0.3, -0.25) is 24.3 Å². The third-order valence-electron chi connectivity index (χ3n) is 6.59. The van der Waals surface area contributed by atoms with Crippen LogP contribution in [0.2, 0.25) is 0 Å². The number of anilines is 2. The Morgan fingerprint density at radius 1 is 0.811 bits per heavy atom. The number of hydrogen-bond acceptors (Lipinski definition) is 6. The first-order valence-electron chi connectivity index (χ1n) is 11.7. The second-order valence-corrected chi connectivity index (χ2v) is 8.81. The predicted molar refractivity (Wildman–Crippen MR) is 135 cm³/mol. The standard InChI is InChI=1S/C29H21N4O4/c1-31-16-12-19(13-17-31)29(37)33-23-9-5-3-7-21(23)27(35)25(33)24-26(34)20-6-2-4-8-22(20)32(24)28(36)18-10-14-30-15-11-18/h2-17,29,37H,1H3/q+1/b25-24+. The van der Waals surface area contributed by atoms with Gasteiger partial charge in [0.1, 0.15) is 18.4 Å². The Morgan fingerprint density at radius 3 is 2.05 bits per heavy atom. The molecule has 8 nitrogen and oxygen atoms in total. The maximum absolute atomic E-state index is 13.9. The summed E-state index contributed by atoms with van der Waals surface area (Å²) in [5, 5.41) is 11.6. The molecular weight excluding hydrogens is 468 g/mol. The van der Waals surface area contributed by atoms with Crippen molar-refractivity contribution < 1.29 is 24.1 Å². The topological polar surface area (TPSA) is 94.7 Å². The van der Waals surface area contributed by atoms with Crippen LogP contribution in [0.3, 0.4) is 0 Å². The lowest BCUT2D eigenvalue weighted by Crippen LogP contribution is -2.36. The van der Waals surface area contributed by atoms with E-state index in [2.05, 4.69) is 4.98 Å². The van der Waals surface area contributed by atoms with Gasteiger partial charge in [0.05, 0.1) is 11.4 Å². The molecule has 0 bridgehead atoms. The minimum Gasteiger partial charge on any atom is -0.369 e. The molecule has 6 rings (SSSR count). The van der Waals surface area contributed by atoms with Gasteiger partial charge >= 0.3 is 0 Å². The molecule has 180 valence electrons. The highest BCUT2D eigenvalue weighted by atomic mass is 16.3. The van der Waals surface area contributed by atoms with Gasteiger partial charge in [-0.05, 0) is 36.4 Å². The van der Waals surface area contributed by atoms with E-state index in [9.17, 15) is 19.5 Å². The van der Waals surface area contributed by atoms with E-state index in [-0.39, 0.29) is 11.4 Å². The number of Topliss-reactive ketones (excluding diaryl/α,β-unsaturated/α-hetero) is 2. The van der Waals surface area contributed by atoms with Crippen molar-refractivity contribution in [1.29, 1.82) is 0 Å². The second kappa shape index (κ2) is 8.61. The molecule has 4 aromatic rings. The van der Waals surface area contributed by atoms with Crippen molar-refractivity contribution in [2.45, 2.75) is 6.23 Å². The van der Waals surface area contributed by atoms with Crippen LogP contribution in [-0.2, 0) is 7.05 Å². The van der Waals surface area contributed by atoms with Crippen molar-refractivity contribution in [1.82, 2.24) is 4.98 Å². The normalized spacial score (nSPS) is 17.1. The largest absolute Gasteiger partial charge is 0.369 e. The first kappa shape index (κ1) is 22.5. The zero-order valence-corrected chi connectivity index (χ0v) is 19.8. The Morgan fingerprint density at radius 2 is 1.38 bits per heavy atom. The average molecular weight is 490 g/mol. The van der Waals surface area contributed by atoms with Gasteiger partial charge in [0.25, 0.3) is 5.91 Å². The highest BCUT2D eigenvalue weighted by molar-refractivity contribution is 6.32. The molecule has 1 unspecified atom stereocenters. The molecule has 2 aromatic heterocycles. The first-order valence-corrected chi connectivity index (χ1v) is 11.7. The number of hydrogen-bond donors (Lipinski definition) is 1. The van der Waals surface area contributed by atoms with Crippen LogP contribution in [0, 0.1) is 0 Å². The van der Waals surface area contributed by atoms with Crippen molar-refractivity contribution in [2.75, 3.05) is 9.80 Å². The summed E-state index contributed by atoms with van der Waals surface area (Å²) in [5.41, 5.74) is 2.16. The fraction of sp³-hybridized carbons (Fsp3) is 0.0690. The molecule has 0 spiro atoms. The molecule has 37 heavy (non-hydrogen) atoms. The molecular formula is C29H21N4O4+. The molecule has 4 heterocycles. The summed E-state index contributed by atoms with van der Waals surface area (Å²) in [6, 6.07) is 20.2. The molecule has 1 atom stereocenters. The van der Waals surface area contributed by atoms with Gasteiger partial charge < -0.3 is 10.0 Å². The summed E-state index contributed by atoms with van der Waals surface area (Å²) >= 11 is 0. The van der Waals surface area contributed by atoms with Crippen LogP contribution in [0.15, 0.2) is 109 Å². The minimum atomic E-state index is -1.29. The zero-order valence-electron chi connectivity index (χ0n) is 19.8. The van der Waals surface area contributed by atoms with Crippen molar-refractivity contribution in [3.63, 3.8) is 0 Å². The fourth-order valence-electron chi connectivity index (χ4n) is 4.80. The number of aliphatic hydroxyl groups is 1. The summed E-state index contributed by atoms with van der Waals surface area (Å²) < 4.78 is 1.82. The van der Waals surface area contributed by atoms with Gasteiger partial charge in [0.15, 0.2) is 18.6 Å². The predicted octanol–water partition coefficient (Wildman–Crippen LogP) is 3.35. The van der Waals surface area contributed by atoms with Crippen LogP contribution in [0.1, 0.15) is 42.9 Å². The van der Waals surface area contributed by atoms with E-state index in [0.29, 0.717) is 33.6 Å². The summed E-state index contributed by atoms with van der Waals surface area (Å²) in [5.74, 6) is -1.39. The monoisotopic (exact) mass is 489 g/mol. The minimum absolute atomic E-state index is 0.0504. The van der Waals surface area contributed by atoms with E-state index < -0.39 is 23.7 Å². The van der Waals surface area contributed by atoms with Crippen LogP contribution in [0.4, 0.5) is 11.4 Å². The molecule has 0 saturated heterocycles. The van der Waals surface area contributed by atoms with Crippen molar-refractivity contribution in [3.8, 4) is 0 Å². The number of aliphatic hydroxyl groups excluding tert-OH is 1. The SMILES string of the molecule is C[n+]1ccc(C(O)N2/C(=C3\C(=O)c4ccccc4N3C(=O)c3ccncc3)C(=O)c3ccccc32)cc1. The highest BCUT2D eigenvalue weighted by Gasteiger charge is 2.46. The summed E-state index contributed by atoms with van der Waals surface area (Å²) in [6.45, 7) is 0. The van der Waals surface area contributed by atoms with Crippen molar-refractivity contribution in [2.24, 2.45) is 7.05 Å². The number of pyridine rings is 2. The van der Waals surface area contributed by atoms with E-state index in [1.54, 1.807) is 85.2 Å². The smallest absolute Gasteiger partial charge is 0.263 e. The summed E-state index contributed by atoms with van der Waals surface area (Å²) in [7, 11) is 1.86. The number of para-hydroxylation sites is 2. The lowest BCUT2D eigenvalue weighted by molar-refractivity contribution is -0.671. The quantitative estimate of drug-likeness (QED) is 0.350. The third-order valence-corrected chi connectivity index (χ3v) is 6.59.